The van der Waals surface area contributed by atoms with Crippen LogP contribution in [0.5, 0.6) is 0 Å². The summed E-state index contributed by atoms with van der Waals surface area (Å²) in [5, 5.41) is 9.00. The van der Waals surface area contributed by atoms with E-state index in [-0.39, 0.29) is 42.3 Å². The van der Waals surface area contributed by atoms with E-state index >= 15 is 0 Å². The molecular formula is C25H25F3N2O4. The van der Waals surface area contributed by atoms with Crippen molar-refractivity contribution in [3.8, 4) is 0 Å². The Hall–Kier alpha value is -3.36. The first-order valence-electron chi connectivity index (χ1n) is 11.3. The Balaban J connectivity index is 1.77. The van der Waals surface area contributed by atoms with Gasteiger partial charge in [0.2, 0.25) is 5.91 Å². The topological polar surface area (TPSA) is 77.9 Å². The first kappa shape index (κ1) is 23.8. The molecule has 0 aromatic heterocycles. The lowest BCUT2D eigenvalue weighted by Crippen LogP contribution is -2.52. The number of hydrogen-bond donors (Lipinski definition) is 1. The van der Waals surface area contributed by atoms with E-state index in [9.17, 15) is 27.6 Å². The van der Waals surface area contributed by atoms with E-state index < -0.39 is 29.3 Å². The summed E-state index contributed by atoms with van der Waals surface area (Å²) in [6, 6.07) is 7.77. The molecule has 0 saturated heterocycles. The third-order valence-corrected chi connectivity index (χ3v) is 6.78. The van der Waals surface area contributed by atoms with E-state index in [4.69, 9.17) is 5.11 Å². The third kappa shape index (κ3) is 4.15. The molecule has 1 N–H and O–H groups in total. The lowest BCUT2D eigenvalue weighted by atomic mass is 9.81. The number of fused-ring (bicyclic) bond motifs is 2. The maximum atomic E-state index is 13.9. The monoisotopic (exact) mass is 474 g/mol. The van der Waals surface area contributed by atoms with Crippen molar-refractivity contribution < 1.29 is 32.7 Å². The zero-order chi connectivity index (χ0) is 24.6. The fourth-order valence-corrected chi connectivity index (χ4v) is 5.39. The molecule has 0 radical (unpaired) electrons. The summed E-state index contributed by atoms with van der Waals surface area (Å²) < 4.78 is 41.3. The van der Waals surface area contributed by atoms with Gasteiger partial charge >= 0.3 is 5.97 Å². The fraction of sp³-hybridized carbons (Fsp3) is 0.400. The normalized spacial score (nSPS) is 21.1. The minimum atomic E-state index is -1.63. The minimum Gasteiger partial charge on any atom is -0.481 e. The lowest BCUT2D eigenvalue weighted by molar-refractivity contribution is -0.142. The highest BCUT2D eigenvalue weighted by molar-refractivity contribution is 6.07. The quantitative estimate of drug-likeness (QED) is 0.617. The molecule has 9 heteroatoms. The number of carboxylic acids is 1. The minimum absolute atomic E-state index is 0.129. The molecule has 1 aliphatic carbocycles. The van der Waals surface area contributed by atoms with E-state index in [0.717, 1.165) is 12.8 Å². The molecule has 2 aliphatic rings. The molecule has 2 aromatic carbocycles. The van der Waals surface area contributed by atoms with Crippen LogP contribution < -0.4 is 4.90 Å². The number of anilines is 1. The number of halogens is 3. The number of carboxylic acid groups (broad SMARTS) is 1. The zero-order valence-corrected chi connectivity index (χ0v) is 18.6. The number of amides is 2. The van der Waals surface area contributed by atoms with E-state index in [1.54, 1.807) is 23.1 Å². The molecular weight excluding hydrogens is 449 g/mol. The van der Waals surface area contributed by atoms with Gasteiger partial charge in [-0.15, -0.1) is 0 Å². The fourth-order valence-electron chi connectivity index (χ4n) is 5.39. The Bertz CT molecular complexity index is 1120. The van der Waals surface area contributed by atoms with E-state index in [0.29, 0.717) is 36.3 Å². The van der Waals surface area contributed by atoms with Crippen LogP contribution in [0.15, 0.2) is 36.4 Å². The predicted molar refractivity (Wildman–Crippen MR) is 118 cm³/mol. The highest BCUT2D eigenvalue weighted by atomic mass is 19.2. The molecule has 1 saturated carbocycles. The van der Waals surface area contributed by atoms with Crippen LogP contribution in [-0.2, 0) is 9.59 Å². The molecule has 0 bridgehead atoms. The molecule has 4 rings (SSSR count). The van der Waals surface area contributed by atoms with Crippen molar-refractivity contribution in [2.45, 2.75) is 51.1 Å². The van der Waals surface area contributed by atoms with Gasteiger partial charge in [0.05, 0.1) is 12.5 Å². The molecule has 1 fully saturated rings. The van der Waals surface area contributed by atoms with Gasteiger partial charge in [-0.3, -0.25) is 14.4 Å². The average molecular weight is 474 g/mol. The molecule has 6 nitrogen and oxygen atoms in total. The summed E-state index contributed by atoms with van der Waals surface area (Å²) in [5.74, 6) is -6.61. The summed E-state index contributed by atoms with van der Waals surface area (Å²) in [7, 11) is 0. The number of nitrogens with zero attached hydrogens (tertiary/aromatic N) is 2. The van der Waals surface area contributed by atoms with Crippen molar-refractivity contribution >= 4 is 23.5 Å². The van der Waals surface area contributed by atoms with Crippen LogP contribution in [0.2, 0.25) is 0 Å². The predicted octanol–water partition coefficient (Wildman–Crippen LogP) is 4.69. The number of aliphatic carboxylic acids is 1. The molecule has 3 atom stereocenters. The van der Waals surface area contributed by atoms with E-state index in [1.165, 1.54) is 4.90 Å². The van der Waals surface area contributed by atoms with Gasteiger partial charge in [-0.1, -0.05) is 24.6 Å². The molecule has 0 spiro atoms. The summed E-state index contributed by atoms with van der Waals surface area (Å²) in [5.41, 5.74) is 0.947. The van der Waals surface area contributed by atoms with Crippen LogP contribution in [0, 0.1) is 23.4 Å². The Morgan fingerprint density at radius 2 is 1.74 bits per heavy atom. The van der Waals surface area contributed by atoms with E-state index in [1.807, 2.05) is 13.0 Å². The van der Waals surface area contributed by atoms with Gasteiger partial charge in [-0.25, -0.2) is 13.2 Å². The second-order valence-corrected chi connectivity index (χ2v) is 8.67. The van der Waals surface area contributed by atoms with Crippen molar-refractivity contribution in [3.63, 3.8) is 0 Å². The second kappa shape index (κ2) is 9.48. The molecule has 2 aromatic rings. The van der Waals surface area contributed by atoms with Crippen LogP contribution in [-0.4, -0.2) is 40.4 Å². The number of hydrogen-bond acceptors (Lipinski definition) is 3. The van der Waals surface area contributed by atoms with Crippen LogP contribution >= 0.6 is 0 Å². The number of rotatable bonds is 6. The highest BCUT2D eigenvalue weighted by Gasteiger charge is 2.48. The summed E-state index contributed by atoms with van der Waals surface area (Å²) in [4.78, 5) is 40.7. The van der Waals surface area contributed by atoms with Gasteiger partial charge in [-0.2, -0.15) is 0 Å². The van der Waals surface area contributed by atoms with Gasteiger partial charge in [0, 0.05) is 36.2 Å². The van der Waals surface area contributed by atoms with Crippen molar-refractivity contribution in [2.24, 2.45) is 5.92 Å². The van der Waals surface area contributed by atoms with Crippen LogP contribution in [0.25, 0.3) is 0 Å². The zero-order valence-electron chi connectivity index (χ0n) is 18.6. The summed E-state index contributed by atoms with van der Waals surface area (Å²) in [6.07, 6.45) is 1.74. The van der Waals surface area contributed by atoms with Crippen molar-refractivity contribution in [2.75, 3.05) is 11.4 Å². The van der Waals surface area contributed by atoms with Crippen LogP contribution in [0.1, 0.15) is 61.0 Å². The van der Waals surface area contributed by atoms with Gasteiger partial charge < -0.3 is 14.9 Å². The Labute approximate surface area is 195 Å². The van der Waals surface area contributed by atoms with Crippen molar-refractivity contribution in [1.82, 2.24) is 4.90 Å². The van der Waals surface area contributed by atoms with Crippen molar-refractivity contribution in [3.05, 3.63) is 65.0 Å². The first-order chi connectivity index (χ1) is 16.2. The number of para-hydroxylation sites is 1. The van der Waals surface area contributed by atoms with Gasteiger partial charge in [-0.05, 0) is 43.5 Å². The Kier molecular flexibility index (Phi) is 6.63. The Morgan fingerprint density at radius 3 is 2.38 bits per heavy atom. The lowest BCUT2D eigenvalue weighted by Gasteiger charge is -2.47. The smallest absolute Gasteiger partial charge is 0.303 e. The largest absolute Gasteiger partial charge is 0.481 e. The van der Waals surface area contributed by atoms with Crippen LogP contribution in [0.4, 0.5) is 18.9 Å². The average Bonchev–Trinajstić information content (AvgIpc) is 3.29. The molecule has 34 heavy (non-hydrogen) atoms. The standard InChI is InChI=1S/C25H25F3N2O4/c1-2-29(21(31)10-11-22(32)33)24-15-6-3-4-8-19(15)30(20-9-5-7-16(20)24)25(34)14-12-17(26)23(28)18(27)13-14/h3-4,6,8,12-13,16,20,24H,2,5,7,9-11H2,1H3,(H,32,33)/t16-,20+,24-/m0/s1. The summed E-state index contributed by atoms with van der Waals surface area (Å²) >= 11 is 0. The molecule has 0 unspecified atom stereocenters. The van der Waals surface area contributed by atoms with Crippen molar-refractivity contribution in [1.29, 1.82) is 0 Å². The first-order valence-corrected chi connectivity index (χ1v) is 11.3. The van der Waals surface area contributed by atoms with Gasteiger partial charge in [0.1, 0.15) is 0 Å². The molecule has 1 heterocycles. The van der Waals surface area contributed by atoms with E-state index in [2.05, 4.69) is 0 Å². The SMILES string of the molecule is CCN(C(=O)CCC(=O)O)[C@H]1c2ccccc2N(C(=O)c2cc(F)c(F)c(F)c2)[C@@H]2CCC[C@@H]21. The second-order valence-electron chi connectivity index (χ2n) is 8.67. The van der Waals surface area contributed by atoms with Crippen LogP contribution in [0.3, 0.4) is 0 Å². The number of carbonyl (C=O) groups excluding carboxylic acids is 2. The maximum absolute atomic E-state index is 13.9. The number of carbonyl (C=O) groups is 3. The third-order valence-electron chi connectivity index (χ3n) is 6.78. The molecule has 180 valence electrons. The molecule has 2 amide bonds. The maximum Gasteiger partial charge on any atom is 0.303 e. The van der Waals surface area contributed by atoms with Gasteiger partial charge in [0.25, 0.3) is 5.91 Å². The van der Waals surface area contributed by atoms with Gasteiger partial charge in [0.15, 0.2) is 17.5 Å². The Morgan fingerprint density at radius 1 is 1.06 bits per heavy atom. The number of benzene rings is 2. The highest BCUT2D eigenvalue weighted by Crippen LogP contribution is 2.50. The molecule has 1 aliphatic heterocycles. The summed E-state index contributed by atoms with van der Waals surface area (Å²) in [6.45, 7) is 2.19.